The van der Waals surface area contributed by atoms with E-state index in [4.69, 9.17) is 15.4 Å². The first kappa shape index (κ1) is 16.4. The first-order valence-electron chi connectivity index (χ1n) is 7.12. The van der Waals surface area contributed by atoms with Crippen LogP contribution in [0.4, 0.5) is 0 Å². The van der Waals surface area contributed by atoms with Gasteiger partial charge in [-0.3, -0.25) is 0 Å². The minimum absolute atomic E-state index is 0.0507. The third-order valence-corrected chi connectivity index (χ3v) is 4.73. The summed E-state index contributed by atoms with van der Waals surface area (Å²) >= 11 is 0. The Bertz CT molecular complexity index is 617. The number of ether oxygens (including phenoxy) is 1. The number of aromatic nitrogens is 1. The maximum atomic E-state index is 12.1. The molecule has 0 aliphatic heterocycles. The third kappa shape index (κ3) is 4.48. The summed E-state index contributed by atoms with van der Waals surface area (Å²) in [5.74, 6) is 0.0734. The van der Waals surface area contributed by atoms with Crippen molar-refractivity contribution in [3.63, 3.8) is 0 Å². The van der Waals surface area contributed by atoms with Gasteiger partial charge in [-0.2, -0.15) is 0 Å². The first-order chi connectivity index (χ1) is 9.79. The topological polar surface area (TPSA) is 65.4 Å². The van der Waals surface area contributed by atoms with Gasteiger partial charge in [0.2, 0.25) is 0 Å². The molecule has 0 spiro atoms. The summed E-state index contributed by atoms with van der Waals surface area (Å²) in [7, 11) is 1.51. The molecule has 2 rings (SSSR count). The van der Waals surface area contributed by atoms with Crippen LogP contribution in [0.1, 0.15) is 56.1 Å². The summed E-state index contributed by atoms with van der Waals surface area (Å²) in [5, 5.41) is 0. The van der Waals surface area contributed by atoms with Gasteiger partial charge in [-0.15, -0.1) is 0 Å². The maximum absolute atomic E-state index is 12.1. The maximum Gasteiger partial charge on any atom is 0.354 e. The number of esters is 1. The highest BCUT2D eigenvalue weighted by atomic mass is 35.7. The van der Waals surface area contributed by atoms with Crippen molar-refractivity contribution in [3.05, 3.63) is 18.0 Å². The minimum Gasteiger partial charge on any atom is -0.461 e. The van der Waals surface area contributed by atoms with Crippen LogP contribution in [-0.2, 0) is 13.8 Å². The van der Waals surface area contributed by atoms with Crippen LogP contribution in [-0.4, -0.2) is 25.6 Å². The van der Waals surface area contributed by atoms with Crippen LogP contribution in [0.15, 0.2) is 17.2 Å². The summed E-state index contributed by atoms with van der Waals surface area (Å²) in [4.78, 5) is 12.1. The van der Waals surface area contributed by atoms with E-state index in [-0.39, 0.29) is 16.6 Å². The van der Waals surface area contributed by atoms with E-state index in [1.807, 2.05) is 0 Å². The highest BCUT2D eigenvalue weighted by Crippen LogP contribution is 2.37. The molecule has 5 nitrogen and oxygen atoms in total. The number of hydrogen-bond donors (Lipinski definition) is 0. The van der Waals surface area contributed by atoms with Crippen LogP contribution in [0.2, 0.25) is 0 Å². The Labute approximate surface area is 129 Å². The summed E-state index contributed by atoms with van der Waals surface area (Å²) < 4.78 is 29.7. The van der Waals surface area contributed by atoms with E-state index in [9.17, 15) is 13.2 Å². The Morgan fingerprint density at radius 1 is 1.48 bits per heavy atom. The number of halogens is 1. The molecule has 1 aromatic heterocycles. The van der Waals surface area contributed by atoms with Gasteiger partial charge in [0.25, 0.3) is 9.05 Å². The lowest BCUT2D eigenvalue weighted by Crippen LogP contribution is -2.12. The molecule has 1 saturated carbocycles. The van der Waals surface area contributed by atoms with Crippen molar-refractivity contribution in [2.75, 3.05) is 6.61 Å². The molecule has 0 amide bonds. The zero-order chi connectivity index (χ0) is 15.6. The van der Waals surface area contributed by atoms with Crippen LogP contribution in [0, 0.1) is 5.92 Å². The summed E-state index contributed by atoms with van der Waals surface area (Å²) in [5.41, 5.74) is 0.265. The van der Waals surface area contributed by atoms with Crippen molar-refractivity contribution in [2.24, 2.45) is 5.92 Å². The van der Waals surface area contributed by atoms with Gasteiger partial charge in [0.1, 0.15) is 10.6 Å². The Morgan fingerprint density at radius 3 is 2.67 bits per heavy atom. The average molecular weight is 334 g/mol. The third-order valence-electron chi connectivity index (χ3n) is 3.41. The fraction of sp³-hybridized carbons (Fsp3) is 0.643. The van der Waals surface area contributed by atoms with Crippen LogP contribution < -0.4 is 0 Å². The highest BCUT2D eigenvalue weighted by molar-refractivity contribution is 8.13. The molecule has 7 heteroatoms. The number of nitrogens with zero attached hydrogens (tertiary/aromatic N) is 1. The summed E-state index contributed by atoms with van der Waals surface area (Å²) in [6.45, 7) is 4.56. The van der Waals surface area contributed by atoms with Gasteiger partial charge in [-0.05, 0) is 37.7 Å². The Hall–Kier alpha value is -1.01. The molecular weight excluding hydrogens is 314 g/mol. The van der Waals surface area contributed by atoms with Crippen molar-refractivity contribution >= 4 is 25.7 Å². The molecule has 0 N–H and O–H groups in total. The van der Waals surface area contributed by atoms with Crippen LogP contribution in [0.3, 0.4) is 0 Å². The molecule has 0 bridgehead atoms. The van der Waals surface area contributed by atoms with Crippen molar-refractivity contribution in [3.8, 4) is 0 Å². The molecule has 0 saturated heterocycles. The predicted molar refractivity (Wildman–Crippen MR) is 80.1 cm³/mol. The molecule has 118 valence electrons. The van der Waals surface area contributed by atoms with Crippen LogP contribution in [0.25, 0.3) is 0 Å². The van der Waals surface area contributed by atoms with E-state index in [1.165, 1.54) is 12.3 Å². The van der Waals surface area contributed by atoms with Gasteiger partial charge >= 0.3 is 5.97 Å². The van der Waals surface area contributed by atoms with Gasteiger partial charge < -0.3 is 9.30 Å². The Balaban J connectivity index is 2.07. The molecule has 0 aromatic carbocycles. The van der Waals surface area contributed by atoms with E-state index in [1.54, 1.807) is 4.57 Å². The standard InChI is InChI=1S/C14H20ClNO4S/c1-10(2)4-3-7-20-14(17)13-8-12(21(15,18)19)9-16(13)11-5-6-11/h8-11H,3-7H2,1-2H3. The molecule has 0 atom stereocenters. The summed E-state index contributed by atoms with van der Waals surface area (Å²) in [6, 6.07) is 1.47. The average Bonchev–Trinajstić information content (AvgIpc) is 3.11. The van der Waals surface area contributed by atoms with Gasteiger partial charge in [0.15, 0.2) is 0 Å². The van der Waals surface area contributed by atoms with E-state index in [2.05, 4.69) is 13.8 Å². The zero-order valence-electron chi connectivity index (χ0n) is 12.2. The lowest BCUT2D eigenvalue weighted by molar-refractivity contribution is 0.0482. The van der Waals surface area contributed by atoms with E-state index in [0.29, 0.717) is 12.5 Å². The SMILES string of the molecule is CC(C)CCCOC(=O)c1cc(S(=O)(=O)Cl)cn1C1CC1. The van der Waals surface area contributed by atoms with Gasteiger partial charge in [0, 0.05) is 22.9 Å². The van der Waals surface area contributed by atoms with E-state index in [0.717, 1.165) is 25.7 Å². The van der Waals surface area contributed by atoms with Crippen molar-refractivity contribution in [1.82, 2.24) is 4.57 Å². The fourth-order valence-corrected chi connectivity index (χ4v) is 2.88. The lowest BCUT2D eigenvalue weighted by atomic mass is 10.1. The monoisotopic (exact) mass is 333 g/mol. The molecular formula is C14H20ClNO4S. The second kappa shape index (κ2) is 6.40. The number of hydrogen-bond acceptors (Lipinski definition) is 4. The van der Waals surface area contributed by atoms with Crippen molar-refractivity contribution < 1.29 is 17.9 Å². The fourth-order valence-electron chi connectivity index (χ4n) is 2.14. The molecule has 0 radical (unpaired) electrons. The molecule has 1 heterocycles. The smallest absolute Gasteiger partial charge is 0.354 e. The molecule has 1 fully saturated rings. The molecule has 0 unspecified atom stereocenters. The normalized spacial score (nSPS) is 15.4. The van der Waals surface area contributed by atoms with Crippen LogP contribution >= 0.6 is 10.7 Å². The minimum atomic E-state index is -3.84. The molecule has 1 aliphatic rings. The predicted octanol–water partition coefficient (Wildman–Crippen LogP) is 3.34. The Morgan fingerprint density at radius 2 is 2.14 bits per heavy atom. The zero-order valence-corrected chi connectivity index (χ0v) is 13.8. The van der Waals surface area contributed by atoms with E-state index >= 15 is 0 Å². The van der Waals surface area contributed by atoms with Crippen LogP contribution in [0.5, 0.6) is 0 Å². The second-order valence-electron chi connectivity index (χ2n) is 5.81. The van der Waals surface area contributed by atoms with Crippen molar-refractivity contribution in [2.45, 2.75) is 50.5 Å². The number of carbonyl (C=O) groups is 1. The number of rotatable bonds is 7. The second-order valence-corrected chi connectivity index (χ2v) is 8.38. The Kier molecular flexibility index (Phi) is 4.99. The lowest BCUT2D eigenvalue weighted by Gasteiger charge is -2.08. The summed E-state index contributed by atoms with van der Waals surface area (Å²) in [6.07, 6.45) is 5.07. The van der Waals surface area contributed by atoms with E-state index < -0.39 is 15.0 Å². The van der Waals surface area contributed by atoms with Gasteiger partial charge in [-0.25, -0.2) is 13.2 Å². The quantitative estimate of drug-likeness (QED) is 0.436. The molecule has 21 heavy (non-hydrogen) atoms. The van der Waals surface area contributed by atoms with Gasteiger partial charge in [-0.1, -0.05) is 13.8 Å². The first-order valence-corrected chi connectivity index (χ1v) is 9.43. The number of carbonyl (C=O) groups excluding carboxylic acids is 1. The van der Waals surface area contributed by atoms with Gasteiger partial charge in [0.05, 0.1) is 6.61 Å². The largest absolute Gasteiger partial charge is 0.461 e. The molecule has 1 aliphatic carbocycles. The highest BCUT2D eigenvalue weighted by Gasteiger charge is 2.30. The molecule has 1 aromatic rings. The van der Waals surface area contributed by atoms with Crippen molar-refractivity contribution in [1.29, 1.82) is 0 Å².